The highest BCUT2D eigenvalue weighted by molar-refractivity contribution is 6.05. The predicted molar refractivity (Wildman–Crippen MR) is 92.8 cm³/mol. The lowest BCUT2D eigenvalue weighted by Gasteiger charge is -2.07. The quantitative estimate of drug-likeness (QED) is 0.745. The number of carbonyl (C=O) groups excluding carboxylic acids is 1. The van der Waals surface area contributed by atoms with Gasteiger partial charge in [0.1, 0.15) is 16.9 Å². The van der Waals surface area contributed by atoms with Crippen LogP contribution in [0.15, 0.2) is 57.7 Å². The lowest BCUT2D eigenvalue weighted by molar-refractivity contribution is 0.102. The number of amides is 1. The molecule has 0 spiro atoms. The topological polar surface area (TPSA) is 68.5 Å². The zero-order valence-electron chi connectivity index (χ0n) is 13.5. The Morgan fingerprint density at radius 1 is 1.12 bits per heavy atom. The number of hydrogen-bond donors (Lipinski definition) is 1. The molecule has 0 saturated heterocycles. The van der Waals surface area contributed by atoms with Crippen LogP contribution in [0.3, 0.4) is 0 Å². The molecule has 0 saturated carbocycles. The van der Waals surface area contributed by atoms with Gasteiger partial charge >= 0.3 is 5.63 Å². The van der Waals surface area contributed by atoms with E-state index < -0.39 is 11.5 Å². The van der Waals surface area contributed by atoms with Gasteiger partial charge < -0.3 is 14.5 Å². The maximum absolute atomic E-state index is 12.4. The van der Waals surface area contributed by atoms with Gasteiger partial charge in [0.2, 0.25) is 0 Å². The van der Waals surface area contributed by atoms with Crippen molar-refractivity contribution < 1.29 is 13.9 Å². The van der Waals surface area contributed by atoms with Crippen LogP contribution in [0.4, 0.5) is 5.69 Å². The second-order valence-electron chi connectivity index (χ2n) is 5.36. The largest absolute Gasteiger partial charge is 0.497 e. The molecule has 24 heavy (non-hydrogen) atoms. The molecule has 1 N–H and O–H groups in total. The van der Waals surface area contributed by atoms with Crippen molar-refractivity contribution in [2.45, 2.75) is 13.3 Å². The first-order valence-electron chi connectivity index (χ1n) is 7.63. The molecule has 1 aromatic heterocycles. The minimum absolute atomic E-state index is 0.0460. The number of aryl methyl sites for hydroxylation is 1. The van der Waals surface area contributed by atoms with Crippen molar-refractivity contribution in [1.82, 2.24) is 0 Å². The second kappa shape index (κ2) is 6.58. The summed E-state index contributed by atoms with van der Waals surface area (Å²) in [4.78, 5) is 24.4. The normalized spacial score (nSPS) is 10.6. The molecular weight excluding hydrogens is 306 g/mol. The molecule has 3 rings (SSSR count). The summed E-state index contributed by atoms with van der Waals surface area (Å²) in [6.45, 7) is 2.06. The summed E-state index contributed by atoms with van der Waals surface area (Å²) < 4.78 is 10.4. The van der Waals surface area contributed by atoms with Gasteiger partial charge in [-0.1, -0.05) is 19.1 Å². The molecule has 1 amide bonds. The second-order valence-corrected chi connectivity index (χ2v) is 5.36. The van der Waals surface area contributed by atoms with Crippen molar-refractivity contribution >= 4 is 22.6 Å². The van der Waals surface area contributed by atoms with Gasteiger partial charge in [0, 0.05) is 11.1 Å². The molecule has 0 bridgehead atoms. The van der Waals surface area contributed by atoms with Crippen LogP contribution in [-0.2, 0) is 6.42 Å². The van der Waals surface area contributed by atoms with E-state index in [4.69, 9.17) is 9.15 Å². The van der Waals surface area contributed by atoms with Gasteiger partial charge in [0.05, 0.1) is 7.11 Å². The fraction of sp³-hybridized carbons (Fsp3) is 0.158. The lowest BCUT2D eigenvalue weighted by Crippen LogP contribution is -2.20. The third kappa shape index (κ3) is 3.15. The third-order valence-corrected chi connectivity index (χ3v) is 3.80. The highest BCUT2D eigenvalue weighted by atomic mass is 16.5. The standard InChI is InChI=1S/C19H17NO4/c1-3-12-4-6-14(7-5-12)20-18(21)16-11-13-10-15(23-2)8-9-17(13)24-19(16)22/h4-11H,3H2,1-2H3,(H,20,21). The number of methoxy groups -OCH3 is 1. The van der Waals surface area contributed by atoms with Gasteiger partial charge in [-0.2, -0.15) is 0 Å². The van der Waals surface area contributed by atoms with E-state index in [1.54, 1.807) is 25.3 Å². The molecular formula is C19H17NO4. The van der Waals surface area contributed by atoms with Crippen molar-refractivity contribution in [3.63, 3.8) is 0 Å². The number of rotatable bonds is 4. The molecule has 0 fully saturated rings. The average molecular weight is 323 g/mol. The number of nitrogens with one attached hydrogen (secondary N) is 1. The molecule has 5 heteroatoms. The van der Waals surface area contributed by atoms with Crippen LogP contribution < -0.4 is 15.7 Å². The summed E-state index contributed by atoms with van der Waals surface area (Å²) in [7, 11) is 1.55. The van der Waals surface area contributed by atoms with Gasteiger partial charge in [-0.15, -0.1) is 0 Å². The van der Waals surface area contributed by atoms with Crippen LogP contribution in [0, 0.1) is 0 Å². The van der Waals surface area contributed by atoms with E-state index in [9.17, 15) is 9.59 Å². The third-order valence-electron chi connectivity index (χ3n) is 3.80. The molecule has 0 aliphatic rings. The maximum atomic E-state index is 12.4. The Morgan fingerprint density at radius 3 is 2.54 bits per heavy atom. The van der Waals surface area contributed by atoms with Crippen LogP contribution >= 0.6 is 0 Å². The SMILES string of the molecule is CCc1ccc(NC(=O)c2cc3cc(OC)ccc3oc2=O)cc1. The maximum Gasteiger partial charge on any atom is 0.349 e. The van der Waals surface area contributed by atoms with E-state index in [0.717, 1.165) is 6.42 Å². The molecule has 0 aliphatic carbocycles. The Labute approximate surface area is 138 Å². The van der Waals surface area contributed by atoms with Crippen LogP contribution in [0.25, 0.3) is 11.0 Å². The van der Waals surface area contributed by atoms with Gasteiger partial charge in [-0.25, -0.2) is 4.79 Å². The Kier molecular flexibility index (Phi) is 4.33. The van der Waals surface area contributed by atoms with Crippen LogP contribution in [-0.4, -0.2) is 13.0 Å². The Hall–Kier alpha value is -3.08. The number of benzene rings is 2. The molecule has 0 aliphatic heterocycles. The van der Waals surface area contributed by atoms with Crippen molar-refractivity contribution in [3.8, 4) is 5.75 Å². The Morgan fingerprint density at radius 2 is 1.88 bits per heavy atom. The van der Waals surface area contributed by atoms with E-state index in [1.807, 2.05) is 24.3 Å². The number of fused-ring (bicyclic) bond motifs is 1. The summed E-state index contributed by atoms with van der Waals surface area (Å²) in [6, 6.07) is 14.0. The van der Waals surface area contributed by atoms with E-state index in [1.165, 1.54) is 11.6 Å². The highest BCUT2D eigenvalue weighted by Crippen LogP contribution is 2.20. The van der Waals surface area contributed by atoms with E-state index in [2.05, 4.69) is 12.2 Å². The number of carbonyl (C=O) groups is 1. The zero-order valence-corrected chi connectivity index (χ0v) is 13.5. The lowest BCUT2D eigenvalue weighted by atomic mass is 10.1. The Balaban J connectivity index is 1.93. The molecule has 2 aromatic carbocycles. The smallest absolute Gasteiger partial charge is 0.349 e. The fourth-order valence-electron chi connectivity index (χ4n) is 2.41. The molecule has 1 heterocycles. The number of anilines is 1. The highest BCUT2D eigenvalue weighted by Gasteiger charge is 2.14. The first kappa shape index (κ1) is 15.8. The fourth-order valence-corrected chi connectivity index (χ4v) is 2.41. The van der Waals surface area contributed by atoms with Gasteiger partial charge in [0.25, 0.3) is 5.91 Å². The molecule has 3 aromatic rings. The molecule has 0 atom stereocenters. The summed E-state index contributed by atoms with van der Waals surface area (Å²) >= 11 is 0. The van der Waals surface area contributed by atoms with Gasteiger partial charge in [-0.3, -0.25) is 4.79 Å². The molecule has 122 valence electrons. The minimum Gasteiger partial charge on any atom is -0.497 e. The summed E-state index contributed by atoms with van der Waals surface area (Å²) in [5.41, 5.74) is 1.49. The van der Waals surface area contributed by atoms with Crippen molar-refractivity contribution in [3.05, 3.63) is 70.1 Å². The van der Waals surface area contributed by atoms with Crippen LogP contribution in [0.1, 0.15) is 22.8 Å². The molecule has 0 unspecified atom stereocenters. The first-order valence-corrected chi connectivity index (χ1v) is 7.63. The number of ether oxygens (including phenoxy) is 1. The van der Waals surface area contributed by atoms with E-state index in [-0.39, 0.29) is 5.56 Å². The summed E-state index contributed by atoms with van der Waals surface area (Å²) in [6.07, 6.45) is 0.921. The monoisotopic (exact) mass is 323 g/mol. The minimum atomic E-state index is -0.671. The number of hydrogen-bond acceptors (Lipinski definition) is 4. The average Bonchev–Trinajstić information content (AvgIpc) is 2.61. The van der Waals surface area contributed by atoms with Crippen LogP contribution in [0.2, 0.25) is 0 Å². The molecule has 0 radical (unpaired) electrons. The molecule has 5 nitrogen and oxygen atoms in total. The van der Waals surface area contributed by atoms with Crippen molar-refractivity contribution in [1.29, 1.82) is 0 Å². The van der Waals surface area contributed by atoms with Crippen molar-refractivity contribution in [2.75, 3.05) is 12.4 Å². The van der Waals surface area contributed by atoms with Gasteiger partial charge in [-0.05, 0) is 48.4 Å². The summed E-state index contributed by atoms with van der Waals surface area (Å²) in [5, 5.41) is 3.34. The van der Waals surface area contributed by atoms with E-state index >= 15 is 0 Å². The first-order chi connectivity index (χ1) is 11.6. The van der Waals surface area contributed by atoms with Crippen molar-refractivity contribution in [2.24, 2.45) is 0 Å². The van der Waals surface area contributed by atoms with Gasteiger partial charge in [0.15, 0.2) is 0 Å². The van der Waals surface area contributed by atoms with Crippen LogP contribution in [0.5, 0.6) is 5.75 Å². The zero-order chi connectivity index (χ0) is 17.1. The predicted octanol–water partition coefficient (Wildman–Crippen LogP) is 3.62. The summed E-state index contributed by atoms with van der Waals surface area (Å²) in [5.74, 6) is 0.121. The van der Waals surface area contributed by atoms with E-state index in [0.29, 0.717) is 22.4 Å². The Bertz CT molecular complexity index is 942.